The number of hydrogen-bond donors (Lipinski definition) is 1. The molecule has 0 aliphatic rings. The molecule has 0 radical (unpaired) electrons. The molecule has 0 rings (SSSR count). The summed E-state index contributed by atoms with van der Waals surface area (Å²) in [7, 11) is 0. The van der Waals surface area contributed by atoms with Gasteiger partial charge in [-0.05, 0) is 13.1 Å². The fourth-order valence-corrected chi connectivity index (χ4v) is 0.455. The fourth-order valence-electron chi connectivity index (χ4n) is 0.455. The minimum absolute atomic E-state index is 0.0130. The summed E-state index contributed by atoms with van der Waals surface area (Å²) < 4.78 is 0. The molecule has 0 unspecified atom stereocenters. The van der Waals surface area contributed by atoms with Crippen LogP contribution >= 0.6 is 0 Å². The van der Waals surface area contributed by atoms with Crippen molar-refractivity contribution in [2.75, 3.05) is 13.1 Å². The van der Waals surface area contributed by atoms with Gasteiger partial charge in [0.2, 0.25) is 5.91 Å². The van der Waals surface area contributed by atoms with Crippen molar-refractivity contribution in [1.29, 1.82) is 0 Å². The van der Waals surface area contributed by atoms with Crippen molar-refractivity contribution in [3.63, 3.8) is 0 Å². The van der Waals surface area contributed by atoms with Crippen molar-refractivity contribution >= 4 is 12.6 Å². The molecule has 0 heterocycles. The average molecular weight is 128 g/mol. The largest absolute Gasteiger partial charge is 0.356 e. The minimum atomic E-state index is 0.0130. The lowest BCUT2D eigenvalue weighted by Gasteiger charge is -1.96. The molecule has 0 aromatic heterocycles. The van der Waals surface area contributed by atoms with Crippen molar-refractivity contribution in [2.45, 2.75) is 13.3 Å². The Bertz CT molecular complexity index is 101. The first-order valence-electron chi connectivity index (χ1n) is 2.94. The third-order valence-electron chi connectivity index (χ3n) is 0.867. The van der Waals surface area contributed by atoms with Gasteiger partial charge in [-0.3, -0.25) is 4.79 Å². The molecule has 0 bridgehead atoms. The summed E-state index contributed by atoms with van der Waals surface area (Å²) in [4.78, 5) is 13.9. The monoisotopic (exact) mass is 128 g/mol. The van der Waals surface area contributed by atoms with E-state index in [4.69, 9.17) is 0 Å². The number of nitrogens with one attached hydrogen (secondary N) is 1. The number of hydrogen-bond acceptors (Lipinski definition) is 2. The summed E-state index contributed by atoms with van der Waals surface area (Å²) in [5.41, 5.74) is 0. The number of aliphatic imine (C=N–C) groups is 1. The maximum Gasteiger partial charge on any atom is 0.216 e. The Balaban J connectivity index is 2.91. The molecule has 0 fully saturated rings. The van der Waals surface area contributed by atoms with Crippen molar-refractivity contribution in [3.8, 4) is 0 Å². The maximum atomic E-state index is 10.2. The molecule has 0 saturated carbocycles. The van der Waals surface area contributed by atoms with E-state index in [2.05, 4.69) is 17.0 Å². The average Bonchev–Trinajstić information content (AvgIpc) is 1.80. The fraction of sp³-hybridized carbons (Fsp3) is 0.667. The standard InChI is InChI=1S/C6H12N2O/c1-6(9)8-5-3-4-7-2/h2-5H2,1H3,(H,8,9). The number of carbonyl (C=O) groups is 1. The lowest BCUT2D eigenvalue weighted by atomic mass is 10.4. The van der Waals surface area contributed by atoms with Crippen LogP contribution in [0, 0.1) is 0 Å². The molecule has 0 aliphatic carbocycles. The molecule has 1 amide bonds. The smallest absolute Gasteiger partial charge is 0.216 e. The number of rotatable bonds is 4. The zero-order valence-electron chi connectivity index (χ0n) is 5.68. The first-order valence-corrected chi connectivity index (χ1v) is 2.94. The zero-order chi connectivity index (χ0) is 7.11. The molecule has 0 aliphatic heterocycles. The summed E-state index contributed by atoms with van der Waals surface area (Å²) in [5, 5.41) is 2.65. The first-order chi connectivity index (χ1) is 4.27. The van der Waals surface area contributed by atoms with E-state index in [1.54, 1.807) is 0 Å². The maximum absolute atomic E-state index is 10.2. The normalized spacial score (nSPS) is 8.56. The van der Waals surface area contributed by atoms with Crippen LogP contribution in [0.1, 0.15) is 13.3 Å². The highest BCUT2D eigenvalue weighted by Gasteiger charge is 1.87. The van der Waals surface area contributed by atoms with E-state index < -0.39 is 0 Å². The van der Waals surface area contributed by atoms with Crippen LogP contribution in [0.25, 0.3) is 0 Å². The number of nitrogens with zero attached hydrogens (tertiary/aromatic N) is 1. The Morgan fingerprint density at radius 2 is 2.44 bits per heavy atom. The SMILES string of the molecule is C=NCCCNC(C)=O. The summed E-state index contributed by atoms with van der Waals surface area (Å²) in [6.45, 7) is 6.24. The topological polar surface area (TPSA) is 41.5 Å². The van der Waals surface area contributed by atoms with Crippen LogP contribution in [0.2, 0.25) is 0 Å². The molecule has 1 N–H and O–H groups in total. The van der Waals surface area contributed by atoms with Crippen LogP contribution in [0.3, 0.4) is 0 Å². The second kappa shape index (κ2) is 5.28. The third-order valence-corrected chi connectivity index (χ3v) is 0.867. The van der Waals surface area contributed by atoms with Gasteiger partial charge in [0.05, 0.1) is 0 Å². The molecule has 3 heteroatoms. The first kappa shape index (κ1) is 8.14. The van der Waals surface area contributed by atoms with Crippen LogP contribution < -0.4 is 5.32 Å². The molecule has 52 valence electrons. The molecule has 0 saturated heterocycles. The molecule has 9 heavy (non-hydrogen) atoms. The van der Waals surface area contributed by atoms with Gasteiger partial charge < -0.3 is 10.3 Å². The zero-order valence-corrected chi connectivity index (χ0v) is 5.68. The van der Waals surface area contributed by atoms with Crippen LogP contribution in [0.15, 0.2) is 4.99 Å². The van der Waals surface area contributed by atoms with E-state index in [9.17, 15) is 4.79 Å². The van der Waals surface area contributed by atoms with E-state index in [1.807, 2.05) is 0 Å². The molecule has 0 atom stereocenters. The van der Waals surface area contributed by atoms with Gasteiger partial charge in [0, 0.05) is 20.0 Å². The van der Waals surface area contributed by atoms with Gasteiger partial charge in [-0.15, -0.1) is 0 Å². The lowest BCUT2D eigenvalue weighted by Crippen LogP contribution is -2.21. The predicted octanol–water partition coefficient (Wildman–Crippen LogP) is 0.213. The second-order valence-electron chi connectivity index (χ2n) is 1.78. The van der Waals surface area contributed by atoms with Gasteiger partial charge in [0.25, 0.3) is 0 Å². The summed E-state index contributed by atoms with van der Waals surface area (Å²) in [6, 6.07) is 0. The summed E-state index contributed by atoms with van der Waals surface area (Å²) >= 11 is 0. The Hall–Kier alpha value is -0.860. The second-order valence-corrected chi connectivity index (χ2v) is 1.78. The van der Waals surface area contributed by atoms with Crippen molar-refractivity contribution in [3.05, 3.63) is 0 Å². The molecule has 0 aromatic rings. The highest BCUT2D eigenvalue weighted by Crippen LogP contribution is 1.75. The summed E-state index contributed by atoms with van der Waals surface area (Å²) in [6.07, 6.45) is 0.878. The Morgan fingerprint density at radius 1 is 1.78 bits per heavy atom. The predicted molar refractivity (Wildman–Crippen MR) is 37.7 cm³/mol. The number of carbonyl (C=O) groups excluding carboxylic acids is 1. The van der Waals surface area contributed by atoms with E-state index in [0.717, 1.165) is 13.0 Å². The Kier molecular flexibility index (Phi) is 4.78. The quantitative estimate of drug-likeness (QED) is 0.427. The van der Waals surface area contributed by atoms with E-state index in [0.29, 0.717) is 6.54 Å². The Morgan fingerprint density at radius 3 is 2.89 bits per heavy atom. The van der Waals surface area contributed by atoms with Gasteiger partial charge >= 0.3 is 0 Å². The molecule has 0 spiro atoms. The lowest BCUT2D eigenvalue weighted by molar-refractivity contribution is -0.118. The van der Waals surface area contributed by atoms with Crippen molar-refractivity contribution in [2.24, 2.45) is 4.99 Å². The van der Waals surface area contributed by atoms with Gasteiger partial charge in [0.1, 0.15) is 0 Å². The highest BCUT2D eigenvalue weighted by molar-refractivity contribution is 5.72. The van der Waals surface area contributed by atoms with Gasteiger partial charge in [-0.2, -0.15) is 0 Å². The molecular weight excluding hydrogens is 116 g/mol. The van der Waals surface area contributed by atoms with E-state index in [1.165, 1.54) is 6.92 Å². The summed E-state index contributed by atoms with van der Waals surface area (Å²) in [5.74, 6) is 0.0130. The van der Waals surface area contributed by atoms with E-state index >= 15 is 0 Å². The van der Waals surface area contributed by atoms with Gasteiger partial charge in [0.15, 0.2) is 0 Å². The van der Waals surface area contributed by atoms with Crippen molar-refractivity contribution < 1.29 is 4.79 Å². The third kappa shape index (κ3) is 7.14. The molecule has 0 aromatic carbocycles. The van der Waals surface area contributed by atoms with Crippen LogP contribution in [-0.2, 0) is 4.79 Å². The molecular formula is C6H12N2O. The highest BCUT2D eigenvalue weighted by atomic mass is 16.1. The van der Waals surface area contributed by atoms with Gasteiger partial charge in [-0.1, -0.05) is 0 Å². The van der Waals surface area contributed by atoms with Gasteiger partial charge in [-0.25, -0.2) is 0 Å². The van der Waals surface area contributed by atoms with Crippen LogP contribution in [-0.4, -0.2) is 25.7 Å². The minimum Gasteiger partial charge on any atom is -0.356 e. The molecule has 3 nitrogen and oxygen atoms in total. The van der Waals surface area contributed by atoms with Crippen LogP contribution in [0.5, 0.6) is 0 Å². The van der Waals surface area contributed by atoms with E-state index in [-0.39, 0.29) is 5.91 Å². The Labute approximate surface area is 55.2 Å². The van der Waals surface area contributed by atoms with Crippen LogP contribution in [0.4, 0.5) is 0 Å². The number of amides is 1. The van der Waals surface area contributed by atoms with Crippen molar-refractivity contribution in [1.82, 2.24) is 5.32 Å².